The van der Waals surface area contributed by atoms with Crippen molar-refractivity contribution in [1.29, 1.82) is 0 Å². The van der Waals surface area contributed by atoms with Gasteiger partial charge in [-0.3, -0.25) is 9.69 Å². The highest BCUT2D eigenvalue weighted by Gasteiger charge is 2.49. The average Bonchev–Trinajstić information content (AvgIpc) is 2.82. The first-order valence-electron chi connectivity index (χ1n) is 6.69. The van der Waals surface area contributed by atoms with Gasteiger partial charge in [0.1, 0.15) is 15.4 Å². The van der Waals surface area contributed by atoms with E-state index in [9.17, 15) is 18.3 Å². The Morgan fingerprint density at radius 1 is 1.10 bits per heavy atom. The van der Waals surface area contributed by atoms with Gasteiger partial charge < -0.3 is 5.11 Å². The summed E-state index contributed by atoms with van der Waals surface area (Å²) >= 11 is 0. The predicted octanol–water partition coefficient (Wildman–Crippen LogP) is 1.03. The number of benzene rings is 1. The zero-order chi connectivity index (χ0) is 14.4. The molecule has 0 atom stereocenters. The Morgan fingerprint density at radius 3 is 2.05 bits per heavy atom. The number of sulfone groups is 1. The first-order chi connectivity index (χ1) is 9.43. The maximum absolute atomic E-state index is 11.8. The van der Waals surface area contributed by atoms with E-state index < -0.39 is 21.3 Å². The van der Waals surface area contributed by atoms with Gasteiger partial charge in [-0.05, 0) is 24.0 Å². The molecular weight excluding hydrogens is 278 g/mol. The molecule has 6 heteroatoms. The van der Waals surface area contributed by atoms with Crippen molar-refractivity contribution >= 4 is 15.8 Å². The van der Waals surface area contributed by atoms with E-state index in [0.717, 1.165) is 11.1 Å². The number of hydrogen-bond acceptors (Lipinski definition) is 4. The number of rotatable bonds is 2. The third-order valence-electron chi connectivity index (χ3n) is 4.50. The fraction of sp³-hybridized carbons (Fsp3) is 0.500. The Balaban J connectivity index is 1.89. The minimum absolute atomic E-state index is 0.0356. The normalized spacial score (nSPS) is 24.2. The topological polar surface area (TPSA) is 74.7 Å². The highest BCUT2D eigenvalue weighted by atomic mass is 32.2. The van der Waals surface area contributed by atoms with E-state index in [4.69, 9.17) is 0 Å². The molecule has 0 spiro atoms. The van der Waals surface area contributed by atoms with Crippen LogP contribution in [-0.2, 0) is 27.7 Å². The van der Waals surface area contributed by atoms with Crippen molar-refractivity contribution in [1.82, 2.24) is 4.90 Å². The van der Waals surface area contributed by atoms with Crippen LogP contribution in [-0.4, -0.2) is 41.4 Å². The summed E-state index contributed by atoms with van der Waals surface area (Å²) in [5, 5.41) is 9.66. The smallest absolute Gasteiger partial charge is 0.324 e. The van der Waals surface area contributed by atoms with Gasteiger partial charge in [0.15, 0.2) is 0 Å². The summed E-state index contributed by atoms with van der Waals surface area (Å²) in [4.78, 5) is 13.7. The third-order valence-corrected chi connectivity index (χ3v) is 6.15. The van der Waals surface area contributed by atoms with E-state index >= 15 is 0 Å². The summed E-state index contributed by atoms with van der Waals surface area (Å²) in [6.07, 6.45) is 0.358. The second-order valence-electron chi connectivity index (χ2n) is 5.61. The maximum atomic E-state index is 11.8. The molecular formula is C14H17NO4S. The van der Waals surface area contributed by atoms with Crippen molar-refractivity contribution < 1.29 is 18.3 Å². The fourth-order valence-corrected chi connectivity index (χ4v) is 4.68. The molecule has 0 aliphatic carbocycles. The van der Waals surface area contributed by atoms with Gasteiger partial charge in [-0.15, -0.1) is 0 Å². The largest absolute Gasteiger partial charge is 0.480 e. The lowest BCUT2D eigenvalue weighted by Gasteiger charge is -2.40. The molecule has 0 saturated carbocycles. The van der Waals surface area contributed by atoms with Gasteiger partial charge in [0.2, 0.25) is 0 Å². The van der Waals surface area contributed by atoms with Crippen LogP contribution in [0.2, 0.25) is 0 Å². The van der Waals surface area contributed by atoms with Crippen LogP contribution in [0.5, 0.6) is 0 Å². The Kier molecular flexibility index (Phi) is 3.10. The number of carboxylic acids is 1. The van der Waals surface area contributed by atoms with Crippen molar-refractivity contribution in [2.75, 3.05) is 11.5 Å². The zero-order valence-electron chi connectivity index (χ0n) is 11.1. The van der Waals surface area contributed by atoms with Gasteiger partial charge in [-0.1, -0.05) is 24.3 Å². The lowest BCUT2D eigenvalue weighted by atomic mass is 9.90. The fourth-order valence-electron chi connectivity index (χ4n) is 3.18. The quantitative estimate of drug-likeness (QED) is 0.882. The van der Waals surface area contributed by atoms with E-state index in [1.165, 1.54) is 0 Å². The minimum atomic E-state index is -3.07. The number of hydrogen-bond donors (Lipinski definition) is 1. The van der Waals surface area contributed by atoms with Gasteiger partial charge >= 0.3 is 5.97 Å². The van der Waals surface area contributed by atoms with Gasteiger partial charge in [0, 0.05) is 13.1 Å². The molecule has 1 aromatic carbocycles. The molecule has 0 radical (unpaired) electrons. The van der Waals surface area contributed by atoms with Crippen LogP contribution in [0.4, 0.5) is 0 Å². The minimum Gasteiger partial charge on any atom is -0.480 e. The van der Waals surface area contributed by atoms with Crippen molar-refractivity contribution in [3.63, 3.8) is 0 Å². The summed E-state index contributed by atoms with van der Waals surface area (Å²) in [5.41, 5.74) is 1.24. The molecule has 1 fully saturated rings. The molecule has 2 aliphatic rings. The monoisotopic (exact) mass is 295 g/mol. The van der Waals surface area contributed by atoms with Crippen molar-refractivity contribution in [2.45, 2.75) is 31.5 Å². The first-order valence-corrected chi connectivity index (χ1v) is 8.51. The number of fused-ring (bicyclic) bond motifs is 1. The van der Waals surface area contributed by atoms with Gasteiger partial charge in [0.25, 0.3) is 0 Å². The molecule has 20 heavy (non-hydrogen) atoms. The zero-order valence-corrected chi connectivity index (χ0v) is 11.9. The molecule has 0 aromatic heterocycles. The van der Waals surface area contributed by atoms with Crippen molar-refractivity contribution in [2.24, 2.45) is 0 Å². The summed E-state index contributed by atoms with van der Waals surface area (Å²) in [6.45, 7) is 1.17. The predicted molar refractivity (Wildman–Crippen MR) is 73.9 cm³/mol. The van der Waals surface area contributed by atoms with Crippen LogP contribution in [0.3, 0.4) is 0 Å². The SMILES string of the molecule is O=C(O)C1(N2Cc3ccccc3C2)CCS(=O)(=O)CC1. The van der Waals surface area contributed by atoms with Gasteiger partial charge in [-0.25, -0.2) is 8.42 Å². The third kappa shape index (κ3) is 2.13. The molecule has 1 saturated heterocycles. The standard InChI is InChI=1S/C14H17NO4S/c16-13(17)14(5-7-20(18,19)8-6-14)15-9-11-3-1-2-4-12(11)10-15/h1-4H,5-10H2,(H,16,17). The Labute approximate surface area is 118 Å². The Bertz CT molecular complexity index is 614. The molecule has 0 amide bonds. The first kappa shape index (κ1) is 13.6. The van der Waals surface area contributed by atoms with Crippen LogP contribution in [0.15, 0.2) is 24.3 Å². The number of carbonyl (C=O) groups is 1. The molecule has 1 aromatic rings. The molecule has 1 N–H and O–H groups in total. The highest BCUT2D eigenvalue weighted by Crippen LogP contribution is 2.37. The van der Waals surface area contributed by atoms with E-state index in [0.29, 0.717) is 13.1 Å². The van der Waals surface area contributed by atoms with Crippen LogP contribution in [0.1, 0.15) is 24.0 Å². The molecule has 2 aliphatic heterocycles. The van der Waals surface area contributed by atoms with Crippen LogP contribution in [0, 0.1) is 0 Å². The molecule has 0 unspecified atom stereocenters. The lowest BCUT2D eigenvalue weighted by Crippen LogP contribution is -2.56. The van der Waals surface area contributed by atoms with Crippen LogP contribution >= 0.6 is 0 Å². The average molecular weight is 295 g/mol. The number of carboxylic acid groups (broad SMARTS) is 1. The lowest BCUT2D eigenvalue weighted by molar-refractivity contribution is -0.153. The summed E-state index contributed by atoms with van der Waals surface area (Å²) in [7, 11) is -3.07. The number of nitrogens with zero attached hydrogens (tertiary/aromatic N) is 1. The summed E-state index contributed by atoms with van der Waals surface area (Å²) < 4.78 is 23.2. The molecule has 5 nitrogen and oxygen atoms in total. The van der Waals surface area contributed by atoms with Crippen molar-refractivity contribution in [3.05, 3.63) is 35.4 Å². The summed E-state index contributed by atoms with van der Waals surface area (Å²) in [5.74, 6) is -0.974. The maximum Gasteiger partial charge on any atom is 0.324 e. The van der Waals surface area contributed by atoms with Crippen molar-refractivity contribution in [3.8, 4) is 0 Å². The Hall–Kier alpha value is -1.40. The second-order valence-corrected chi connectivity index (χ2v) is 7.92. The van der Waals surface area contributed by atoms with E-state index in [1.807, 2.05) is 29.2 Å². The van der Waals surface area contributed by atoms with Gasteiger partial charge in [-0.2, -0.15) is 0 Å². The highest BCUT2D eigenvalue weighted by molar-refractivity contribution is 7.91. The van der Waals surface area contributed by atoms with Crippen LogP contribution < -0.4 is 0 Å². The Morgan fingerprint density at radius 2 is 1.60 bits per heavy atom. The molecule has 2 heterocycles. The molecule has 3 rings (SSSR count). The number of aliphatic carboxylic acids is 1. The van der Waals surface area contributed by atoms with Crippen LogP contribution in [0.25, 0.3) is 0 Å². The second kappa shape index (κ2) is 4.56. The molecule has 108 valence electrons. The van der Waals surface area contributed by atoms with E-state index in [1.54, 1.807) is 0 Å². The molecule has 0 bridgehead atoms. The summed E-state index contributed by atoms with van der Waals surface area (Å²) in [6, 6.07) is 7.90. The van der Waals surface area contributed by atoms with Gasteiger partial charge in [0.05, 0.1) is 11.5 Å². The van der Waals surface area contributed by atoms with E-state index in [-0.39, 0.29) is 24.3 Å². The van der Waals surface area contributed by atoms with E-state index in [2.05, 4.69) is 0 Å².